The molecular weight excluding hydrogens is 210 g/mol. The number of nitrogens with two attached hydrogens (primary N) is 1. The van der Waals surface area contributed by atoms with Crippen LogP contribution in [0.15, 0.2) is 24.3 Å². The van der Waals surface area contributed by atoms with Crippen molar-refractivity contribution in [3.8, 4) is 5.75 Å². The highest BCUT2D eigenvalue weighted by molar-refractivity contribution is 5.76. The van der Waals surface area contributed by atoms with Crippen LogP contribution in [0.25, 0.3) is 0 Å². The minimum atomic E-state index is -2.17. The largest absolute Gasteiger partial charge is 0.497 e. The van der Waals surface area contributed by atoms with Crippen LogP contribution in [0.1, 0.15) is 12.0 Å². The zero-order chi connectivity index (χ0) is 12.2. The summed E-state index contributed by atoms with van der Waals surface area (Å²) >= 11 is 0. The fourth-order valence-corrected chi connectivity index (χ4v) is 1.23. The van der Waals surface area contributed by atoms with Crippen molar-refractivity contribution in [2.75, 3.05) is 7.11 Å². The van der Waals surface area contributed by atoms with Gasteiger partial charge in [-0.05, 0) is 24.1 Å². The summed E-state index contributed by atoms with van der Waals surface area (Å²) in [5.74, 6) is -0.689. The van der Waals surface area contributed by atoms with Crippen molar-refractivity contribution in [3.05, 3.63) is 29.8 Å². The summed E-state index contributed by atoms with van der Waals surface area (Å²) in [6, 6.07) is 7.14. The van der Waals surface area contributed by atoms with Gasteiger partial charge < -0.3 is 14.9 Å². The molecule has 0 bridgehead atoms. The Morgan fingerprint density at radius 1 is 1.44 bits per heavy atom. The van der Waals surface area contributed by atoms with Gasteiger partial charge in [-0.2, -0.15) is 0 Å². The number of aliphatic hydroxyl groups is 1. The highest BCUT2D eigenvalue weighted by atomic mass is 16.5. The second-order valence-electron chi connectivity index (χ2n) is 3.58. The molecule has 1 aromatic carbocycles. The summed E-state index contributed by atoms with van der Waals surface area (Å²) in [5.41, 5.74) is 3.92. The van der Waals surface area contributed by atoms with Gasteiger partial charge in [0, 0.05) is 6.42 Å². The molecule has 1 aromatic rings. The molecule has 1 rings (SSSR count). The number of aryl methyl sites for hydroxylation is 1. The number of carbonyl (C=O) groups is 1. The van der Waals surface area contributed by atoms with Gasteiger partial charge in [0.25, 0.3) is 0 Å². The standard InChI is InChI=1S/C11H15NO4/c1-16-9-4-2-8(3-5-9)6-7-11(12,15)10(13)14/h2-5,15H,6-7,12H2,1H3,(H,13,14). The number of hydrogen-bond donors (Lipinski definition) is 3. The Labute approximate surface area is 93.5 Å². The summed E-state index contributed by atoms with van der Waals surface area (Å²) < 4.78 is 4.98. The number of rotatable bonds is 5. The lowest BCUT2D eigenvalue weighted by Gasteiger charge is -2.17. The molecule has 0 aliphatic carbocycles. The van der Waals surface area contributed by atoms with E-state index in [2.05, 4.69) is 0 Å². The second-order valence-corrected chi connectivity index (χ2v) is 3.58. The molecule has 5 heteroatoms. The van der Waals surface area contributed by atoms with Crippen LogP contribution < -0.4 is 10.5 Å². The van der Waals surface area contributed by atoms with Crippen LogP contribution in [-0.2, 0) is 11.2 Å². The van der Waals surface area contributed by atoms with Crippen LogP contribution >= 0.6 is 0 Å². The Morgan fingerprint density at radius 3 is 2.44 bits per heavy atom. The number of benzene rings is 1. The topological polar surface area (TPSA) is 92.8 Å². The Balaban J connectivity index is 2.58. The van der Waals surface area contributed by atoms with Crippen LogP contribution in [0.2, 0.25) is 0 Å². The van der Waals surface area contributed by atoms with Gasteiger partial charge in [0.2, 0.25) is 5.72 Å². The Hall–Kier alpha value is -1.59. The molecule has 0 aliphatic heterocycles. The zero-order valence-electron chi connectivity index (χ0n) is 9.01. The van der Waals surface area contributed by atoms with Gasteiger partial charge in [0.05, 0.1) is 7.11 Å². The highest BCUT2D eigenvalue weighted by Crippen LogP contribution is 2.14. The molecule has 0 amide bonds. The van der Waals surface area contributed by atoms with Gasteiger partial charge in [-0.1, -0.05) is 12.1 Å². The lowest BCUT2D eigenvalue weighted by molar-refractivity contribution is -0.158. The van der Waals surface area contributed by atoms with E-state index in [1.807, 2.05) is 0 Å². The van der Waals surface area contributed by atoms with E-state index in [0.717, 1.165) is 11.3 Å². The molecule has 0 saturated heterocycles. The van der Waals surface area contributed by atoms with Crippen molar-refractivity contribution in [2.45, 2.75) is 18.6 Å². The van der Waals surface area contributed by atoms with Crippen LogP contribution in [0.3, 0.4) is 0 Å². The van der Waals surface area contributed by atoms with Gasteiger partial charge in [-0.25, -0.2) is 4.79 Å². The van der Waals surface area contributed by atoms with E-state index in [1.165, 1.54) is 0 Å². The quantitative estimate of drug-likeness (QED) is 0.629. The van der Waals surface area contributed by atoms with E-state index in [0.29, 0.717) is 6.42 Å². The van der Waals surface area contributed by atoms with Gasteiger partial charge >= 0.3 is 5.97 Å². The molecule has 88 valence electrons. The summed E-state index contributed by atoms with van der Waals surface area (Å²) in [4.78, 5) is 10.5. The lowest BCUT2D eigenvalue weighted by atomic mass is 10.0. The molecule has 0 radical (unpaired) electrons. The molecule has 5 nitrogen and oxygen atoms in total. The molecule has 0 spiro atoms. The lowest BCUT2D eigenvalue weighted by Crippen LogP contribution is -2.48. The molecule has 0 aliphatic rings. The van der Waals surface area contributed by atoms with Gasteiger partial charge in [-0.15, -0.1) is 0 Å². The maximum Gasteiger partial charge on any atom is 0.351 e. The molecular formula is C11H15NO4. The highest BCUT2D eigenvalue weighted by Gasteiger charge is 2.29. The predicted octanol–water partition coefficient (Wildman–Crippen LogP) is 0.360. The van der Waals surface area contributed by atoms with Crippen LogP contribution in [-0.4, -0.2) is 29.0 Å². The monoisotopic (exact) mass is 225 g/mol. The van der Waals surface area contributed by atoms with Gasteiger partial charge in [0.15, 0.2) is 0 Å². The minimum Gasteiger partial charge on any atom is -0.497 e. The fourth-order valence-electron chi connectivity index (χ4n) is 1.23. The number of methoxy groups -OCH3 is 1. The minimum absolute atomic E-state index is 0.0331. The summed E-state index contributed by atoms with van der Waals surface area (Å²) in [6.07, 6.45) is 0.359. The fraction of sp³-hybridized carbons (Fsp3) is 0.364. The van der Waals surface area contributed by atoms with E-state index in [-0.39, 0.29) is 6.42 Å². The van der Waals surface area contributed by atoms with Gasteiger partial charge in [-0.3, -0.25) is 5.73 Å². The molecule has 1 atom stereocenters. The van der Waals surface area contributed by atoms with Crippen molar-refractivity contribution in [1.82, 2.24) is 0 Å². The number of hydrogen-bond acceptors (Lipinski definition) is 4. The Morgan fingerprint density at radius 2 is 2.00 bits per heavy atom. The van der Waals surface area contributed by atoms with Crippen molar-refractivity contribution in [1.29, 1.82) is 0 Å². The first-order chi connectivity index (χ1) is 7.45. The van der Waals surface area contributed by atoms with Crippen molar-refractivity contribution in [3.63, 3.8) is 0 Å². The van der Waals surface area contributed by atoms with E-state index < -0.39 is 11.7 Å². The van der Waals surface area contributed by atoms with Crippen molar-refractivity contribution >= 4 is 5.97 Å². The van der Waals surface area contributed by atoms with E-state index in [9.17, 15) is 9.90 Å². The Kier molecular flexibility index (Phi) is 3.87. The van der Waals surface area contributed by atoms with E-state index >= 15 is 0 Å². The number of carboxylic acid groups (broad SMARTS) is 1. The third kappa shape index (κ3) is 3.22. The van der Waals surface area contributed by atoms with Crippen molar-refractivity contribution in [2.24, 2.45) is 5.73 Å². The molecule has 0 fully saturated rings. The molecule has 1 unspecified atom stereocenters. The number of ether oxygens (including phenoxy) is 1. The smallest absolute Gasteiger partial charge is 0.351 e. The normalized spacial score (nSPS) is 14.2. The third-order valence-electron chi connectivity index (χ3n) is 2.32. The summed E-state index contributed by atoms with van der Waals surface area (Å²) in [7, 11) is 1.57. The van der Waals surface area contributed by atoms with Crippen LogP contribution in [0.5, 0.6) is 5.75 Å². The predicted molar refractivity (Wildman–Crippen MR) is 58.1 cm³/mol. The molecule has 0 saturated carbocycles. The first-order valence-corrected chi connectivity index (χ1v) is 4.83. The van der Waals surface area contributed by atoms with E-state index in [1.54, 1.807) is 31.4 Å². The SMILES string of the molecule is COc1ccc(CCC(N)(O)C(=O)O)cc1. The van der Waals surface area contributed by atoms with Crippen LogP contribution in [0, 0.1) is 0 Å². The molecule has 0 heterocycles. The third-order valence-corrected chi connectivity index (χ3v) is 2.32. The molecule has 16 heavy (non-hydrogen) atoms. The molecule has 0 aromatic heterocycles. The summed E-state index contributed by atoms with van der Waals surface area (Å²) in [5, 5.41) is 17.9. The maximum atomic E-state index is 10.5. The average molecular weight is 225 g/mol. The Bertz CT molecular complexity index is 359. The van der Waals surface area contributed by atoms with Gasteiger partial charge in [0.1, 0.15) is 5.75 Å². The second kappa shape index (κ2) is 4.96. The zero-order valence-corrected chi connectivity index (χ0v) is 9.01. The summed E-state index contributed by atoms with van der Waals surface area (Å²) in [6.45, 7) is 0. The van der Waals surface area contributed by atoms with Crippen LogP contribution in [0.4, 0.5) is 0 Å². The first kappa shape index (κ1) is 12.5. The van der Waals surface area contributed by atoms with E-state index in [4.69, 9.17) is 15.6 Å². The number of aliphatic carboxylic acids is 1. The maximum absolute atomic E-state index is 10.5. The molecule has 4 N–H and O–H groups in total. The number of carboxylic acids is 1. The average Bonchev–Trinajstić information content (AvgIpc) is 2.27. The van der Waals surface area contributed by atoms with Crippen molar-refractivity contribution < 1.29 is 19.7 Å². The first-order valence-electron chi connectivity index (χ1n) is 4.83.